The number of aromatic amines is 1. The van der Waals surface area contributed by atoms with Crippen LogP contribution in [0, 0.1) is 6.92 Å². The monoisotopic (exact) mass is 337 g/mol. The van der Waals surface area contributed by atoms with Crippen molar-refractivity contribution in [2.24, 2.45) is 0 Å². The number of rotatable bonds is 6. The summed E-state index contributed by atoms with van der Waals surface area (Å²) in [5.41, 5.74) is 2.54. The number of carbonyl (C=O) groups excluding carboxylic acids is 1. The lowest BCUT2D eigenvalue weighted by Crippen LogP contribution is -2.20. The van der Waals surface area contributed by atoms with E-state index in [1.165, 1.54) is 0 Å². The van der Waals surface area contributed by atoms with Gasteiger partial charge in [0.1, 0.15) is 5.82 Å². The highest BCUT2D eigenvalue weighted by Gasteiger charge is 2.08. The number of imidazole rings is 1. The molecule has 2 aromatic carbocycles. The standard InChI is InChI=1S/C19H19N3O3/c1-13-20-11-16(21-13)14-6-5-7-15(10-14)22-19(23)12-25-18-9-4-3-8-17(18)24-2/h3-11H,12H2,1-2H3,(H,20,21)(H,22,23). The van der Waals surface area contributed by atoms with Gasteiger partial charge in [0, 0.05) is 11.3 Å². The Hall–Kier alpha value is -3.28. The smallest absolute Gasteiger partial charge is 0.262 e. The van der Waals surface area contributed by atoms with Gasteiger partial charge in [0.2, 0.25) is 0 Å². The molecule has 0 unspecified atom stereocenters. The topological polar surface area (TPSA) is 76.2 Å². The Kier molecular flexibility index (Phi) is 4.99. The molecule has 25 heavy (non-hydrogen) atoms. The van der Waals surface area contributed by atoms with E-state index in [1.807, 2.05) is 43.3 Å². The minimum atomic E-state index is -0.246. The first-order chi connectivity index (χ1) is 12.2. The summed E-state index contributed by atoms with van der Waals surface area (Å²) in [5, 5.41) is 2.83. The SMILES string of the molecule is COc1ccccc1OCC(=O)Nc1cccc(-c2cnc(C)[nH]2)c1. The van der Waals surface area contributed by atoms with Crippen molar-refractivity contribution in [1.82, 2.24) is 9.97 Å². The maximum absolute atomic E-state index is 12.1. The molecule has 3 rings (SSSR count). The number of para-hydroxylation sites is 2. The zero-order valence-electron chi connectivity index (χ0n) is 14.1. The molecule has 6 heteroatoms. The minimum Gasteiger partial charge on any atom is -0.493 e. The number of aryl methyl sites for hydroxylation is 1. The molecule has 0 fully saturated rings. The molecule has 0 aliphatic carbocycles. The molecule has 1 aromatic heterocycles. The van der Waals surface area contributed by atoms with Gasteiger partial charge in [-0.25, -0.2) is 4.98 Å². The Balaban J connectivity index is 1.63. The summed E-state index contributed by atoms with van der Waals surface area (Å²) in [7, 11) is 1.56. The Bertz CT molecular complexity index is 874. The third-order valence-electron chi connectivity index (χ3n) is 3.59. The maximum Gasteiger partial charge on any atom is 0.262 e. The second-order valence-electron chi connectivity index (χ2n) is 5.45. The lowest BCUT2D eigenvalue weighted by Gasteiger charge is -2.11. The molecule has 128 valence electrons. The molecule has 0 aliphatic heterocycles. The van der Waals surface area contributed by atoms with Crippen LogP contribution < -0.4 is 14.8 Å². The van der Waals surface area contributed by atoms with E-state index >= 15 is 0 Å². The summed E-state index contributed by atoms with van der Waals surface area (Å²) < 4.78 is 10.7. The fourth-order valence-corrected chi connectivity index (χ4v) is 2.41. The highest BCUT2D eigenvalue weighted by atomic mass is 16.5. The zero-order valence-corrected chi connectivity index (χ0v) is 14.1. The molecule has 0 radical (unpaired) electrons. The molecule has 0 saturated carbocycles. The molecule has 2 N–H and O–H groups in total. The van der Waals surface area contributed by atoms with E-state index in [1.54, 1.807) is 25.4 Å². The summed E-state index contributed by atoms with van der Waals surface area (Å²) in [6, 6.07) is 14.7. The van der Waals surface area contributed by atoms with Crippen LogP contribution in [0.5, 0.6) is 11.5 Å². The van der Waals surface area contributed by atoms with Crippen LogP contribution in [0.15, 0.2) is 54.7 Å². The number of hydrogen-bond acceptors (Lipinski definition) is 4. The van der Waals surface area contributed by atoms with Crippen LogP contribution in [-0.2, 0) is 4.79 Å². The van der Waals surface area contributed by atoms with E-state index < -0.39 is 0 Å². The van der Waals surface area contributed by atoms with Crippen molar-refractivity contribution in [3.8, 4) is 22.8 Å². The molecule has 0 atom stereocenters. The van der Waals surface area contributed by atoms with Gasteiger partial charge >= 0.3 is 0 Å². The number of nitrogens with one attached hydrogen (secondary N) is 2. The fraction of sp³-hybridized carbons (Fsp3) is 0.158. The summed E-state index contributed by atoms with van der Waals surface area (Å²) >= 11 is 0. The molecular formula is C19H19N3O3. The fourth-order valence-electron chi connectivity index (χ4n) is 2.41. The Morgan fingerprint density at radius 3 is 2.68 bits per heavy atom. The maximum atomic E-state index is 12.1. The van der Waals surface area contributed by atoms with Crippen LogP contribution in [0.3, 0.4) is 0 Å². The first kappa shape index (κ1) is 16.6. The second-order valence-corrected chi connectivity index (χ2v) is 5.45. The van der Waals surface area contributed by atoms with Gasteiger partial charge < -0.3 is 19.8 Å². The van der Waals surface area contributed by atoms with Crippen molar-refractivity contribution in [2.75, 3.05) is 19.0 Å². The normalized spacial score (nSPS) is 10.3. The first-order valence-electron chi connectivity index (χ1n) is 7.83. The number of benzene rings is 2. The third kappa shape index (κ3) is 4.17. The summed E-state index contributed by atoms with van der Waals surface area (Å²) in [4.78, 5) is 19.5. The van der Waals surface area contributed by atoms with E-state index in [9.17, 15) is 4.79 Å². The predicted molar refractivity (Wildman–Crippen MR) is 95.9 cm³/mol. The molecule has 0 spiro atoms. The average Bonchev–Trinajstić information content (AvgIpc) is 3.07. The number of anilines is 1. The number of carbonyl (C=O) groups is 1. The van der Waals surface area contributed by atoms with Gasteiger partial charge in [-0.1, -0.05) is 24.3 Å². The molecule has 0 aliphatic rings. The largest absolute Gasteiger partial charge is 0.493 e. The lowest BCUT2D eigenvalue weighted by molar-refractivity contribution is -0.118. The van der Waals surface area contributed by atoms with Crippen LogP contribution in [-0.4, -0.2) is 29.6 Å². The first-order valence-corrected chi connectivity index (χ1v) is 7.83. The molecule has 3 aromatic rings. The van der Waals surface area contributed by atoms with Crippen molar-refractivity contribution in [2.45, 2.75) is 6.92 Å². The average molecular weight is 337 g/mol. The van der Waals surface area contributed by atoms with Gasteiger partial charge in [-0.3, -0.25) is 4.79 Å². The molecular weight excluding hydrogens is 318 g/mol. The van der Waals surface area contributed by atoms with Crippen LogP contribution >= 0.6 is 0 Å². The van der Waals surface area contributed by atoms with E-state index in [4.69, 9.17) is 9.47 Å². The molecule has 0 bridgehead atoms. The van der Waals surface area contributed by atoms with Crippen molar-refractivity contribution < 1.29 is 14.3 Å². The van der Waals surface area contributed by atoms with Gasteiger partial charge in [0.25, 0.3) is 5.91 Å². The number of H-pyrrole nitrogens is 1. The molecule has 1 heterocycles. The van der Waals surface area contributed by atoms with E-state index in [-0.39, 0.29) is 12.5 Å². The quantitative estimate of drug-likeness (QED) is 0.723. The van der Waals surface area contributed by atoms with Crippen molar-refractivity contribution in [1.29, 1.82) is 0 Å². The number of methoxy groups -OCH3 is 1. The molecule has 1 amide bonds. The number of hydrogen-bond donors (Lipinski definition) is 2. The van der Waals surface area contributed by atoms with Crippen LogP contribution in [0.2, 0.25) is 0 Å². The van der Waals surface area contributed by atoms with E-state index in [2.05, 4.69) is 15.3 Å². The van der Waals surface area contributed by atoms with Crippen molar-refractivity contribution in [3.05, 3.63) is 60.6 Å². The molecule has 6 nitrogen and oxygen atoms in total. The minimum absolute atomic E-state index is 0.103. The van der Waals surface area contributed by atoms with Crippen LogP contribution in [0.1, 0.15) is 5.82 Å². The van der Waals surface area contributed by atoms with Crippen LogP contribution in [0.25, 0.3) is 11.3 Å². The highest BCUT2D eigenvalue weighted by Crippen LogP contribution is 2.26. The Labute approximate surface area is 145 Å². The van der Waals surface area contributed by atoms with Gasteiger partial charge in [-0.2, -0.15) is 0 Å². The summed E-state index contributed by atoms with van der Waals surface area (Å²) in [6.45, 7) is 1.79. The number of amides is 1. The number of nitrogens with zero attached hydrogens (tertiary/aromatic N) is 1. The van der Waals surface area contributed by atoms with Gasteiger partial charge in [-0.15, -0.1) is 0 Å². The zero-order chi connectivity index (χ0) is 17.6. The lowest BCUT2D eigenvalue weighted by atomic mass is 10.1. The second kappa shape index (κ2) is 7.53. The van der Waals surface area contributed by atoms with Crippen molar-refractivity contribution in [3.63, 3.8) is 0 Å². The summed E-state index contributed by atoms with van der Waals surface area (Å²) in [6.07, 6.45) is 1.76. The third-order valence-corrected chi connectivity index (χ3v) is 3.59. The van der Waals surface area contributed by atoms with Gasteiger partial charge in [-0.05, 0) is 31.2 Å². The Morgan fingerprint density at radius 1 is 1.16 bits per heavy atom. The van der Waals surface area contributed by atoms with E-state index in [0.29, 0.717) is 17.2 Å². The van der Waals surface area contributed by atoms with E-state index in [0.717, 1.165) is 17.1 Å². The number of ether oxygens (including phenoxy) is 2. The number of aromatic nitrogens is 2. The van der Waals surface area contributed by atoms with Gasteiger partial charge in [0.15, 0.2) is 18.1 Å². The van der Waals surface area contributed by atoms with Crippen LogP contribution in [0.4, 0.5) is 5.69 Å². The van der Waals surface area contributed by atoms with Gasteiger partial charge in [0.05, 0.1) is 19.0 Å². The summed E-state index contributed by atoms with van der Waals surface area (Å²) in [5.74, 6) is 1.72. The highest BCUT2D eigenvalue weighted by molar-refractivity contribution is 5.92. The molecule has 0 saturated heterocycles. The predicted octanol–water partition coefficient (Wildman–Crippen LogP) is 3.41. The van der Waals surface area contributed by atoms with Crippen molar-refractivity contribution >= 4 is 11.6 Å². The Morgan fingerprint density at radius 2 is 1.96 bits per heavy atom.